The molecule has 11 bridgehead atoms. The molecule has 0 spiro atoms. The molecule has 668 valence electrons. The number of halogens is 2. The Kier molecular flexibility index (Phi) is 28.0. The van der Waals surface area contributed by atoms with Crippen molar-refractivity contribution in [3.63, 3.8) is 0 Å². The third-order valence-corrected chi connectivity index (χ3v) is 23.8. The molecule has 0 aliphatic carbocycles. The van der Waals surface area contributed by atoms with E-state index >= 15 is 24.0 Å². The standard InChI is InChI=1S/C87H100Cl2N10O26/c1-37(2)24-52(92-7)78(110)98-68-70(105)43-19-22-56(50(88)26-43)120-58-28-45-29-59(74(58)125-85-75(72(107)71(106)60(36-100)122-85)124-63-34-87(6,77(109)39(4)119-63)93-35-49(40-14-10-8-11-15-40)41-16-12-9-13-17-41)121-57-23-20-44(27-51(57)89)73(123-62-33-86(5,91)76(108)38(3)118-62)69-83(115)97-67(84(116)117)48-30-46(101)31-55(103)64(48)47-25-42(18-21-54(47)102)65(80(112)99-69)96-81(113)66(45)95-79(111)53(32-61(90)104)94-82(68)114/h8-23,25-31,37-39,49,52-53,60,62-63,65-73,75-77,85,92-93,100-103,105-109H,24,32-36,91H2,1-7H3,(H2,90,104)(H,94,114)(H,95,111)(H,96,113)(H,97,115)(H,98,110)(H,99,112)(H,116,117)/t38-,39-,52+,53-,60+,62-,63-,65+,66+,67-,68+,69-,70+,71+,72-,73+,75+,76-,77-,85-,86-,87-/m0/s1. The molecule has 7 amide bonds. The molecule has 36 nitrogen and oxygen atoms in total. The quantitative estimate of drug-likeness (QED) is 0.0516. The summed E-state index contributed by atoms with van der Waals surface area (Å²) in [6.07, 6.45) is -22.9. The Morgan fingerprint density at radius 3 is 1.81 bits per heavy atom. The number of benzene rings is 7. The van der Waals surface area contributed by atoms with Crippen molar-refractivity contribution >= 4 is 70.5 Å². The summed E-state index contributed by atoms with van der Waals surface area (Å²) in [5.41, 5.74) is 8.90. The number of carboxylic acids is 1. The highest BCUT2D eigenvalue weighted by Crippen LogP contribution is 2.51. The average Bonchev–Trinajstić information content (AvgIpc) is 0.754. The summed E-state index contributed by atoms with van der Waals surface area (Å²) < 4.78 is 53.1. The number of carbonyl (C=O) groups is 8. The van der Waals surface area contributed by atoms with Crippen LogP contribution in [-0.2, 0) is 62.0 Å². The van der Waals surface area contributed by atoms with E-state index in [1.54, 1.807) is 13.8 Å². The molecule has 7 aromatic carbocycles. The highest BCUT2D eigenvalue weighted by Gasteiger charge is 2.53. The first-order valence-electron chi connectivity index (χ1n) is 40.4. The number of phenolic OH excluding ortho intramolecular Hbond substituents is 3. The van der Waals surface area contributed by atoms with E-state index in [9.17, 15) is 65.4 Å². The zero-order chi connectivity index (χ0) is 90.1. The number of carboxylic acid groups (broad SMARTS) is 1. The van der Waals surface area contributed by atoms with Crippen LogP contribution in [0.4, 0.5) is 0 Å². The van der Waals surface area contributed by atoms with Crippen LogP contribution in [0, 0.1) is 5.92 Å². The molecular formula is C87H100Cl2N10O26. The highest BCUT2D eigenvalue weighted by atomic mass is 35.5. The molecule has 0 aromatic heterocycles. The third kappa shape index (κ3) is 20.0. The zero-order valence-electron chi connectivity index (χ0n) is 68.6. The van der Waals surface area contributed by atoms with Gasteiger partial charge in [-0.25, -0.2) is 4.79 Å². The molecule has 38 heteroatoms. The lowest BCUT2D eigenvalue weighted by molar-refractivity contribution is -0.334. The summed E-state index contributed by atoms with van der Waals surface area (Å²) in [4.78, 5) is 121. The molecule has 3 fully saturated rings. The van der Waals surface area contributed by atoms with E-state index in [1.807, 2.05) is 74.5 Å². The van der Waals surface area contributed by atoms with Gasteiger partial charge in [-0.1, -0.05) is 116 Å². The van der Waals surface area contributed by atoms with E-state index in [1.165, 1.54) is 51.2 Å². The molecule has 0 saturated carbocycles. The fourth-order valence-electron chi connectivity index (χ4n) is 16.5. The fourth-order valence-corrected chi connectivity index (χ4v) is 17.0. The predicted octanol–water partition coefficient (Wildman–Crippen LogP) is 3.81. The van der Waals surface area contributed by atoms with E-state index in [4.69, 9.17) is 72.6 Å². The van der Waals surface area contributed by atoms with Crippen LogP contribution in [0.15, 0.2) is 140 Å². The Balaban J connectivity index is 1.03. The van der Waals surface area contributed by atoms with Crippen molar-refractivity contribution in [2.45, 2.75) is 206 Å². The fraction of sp³-hybridized carbons (Fsp3) is 0.425. The van der Waals surface area contributed by atoms with Gasteiger partial charge in [0.2, 0.25) is 53.4 Å². The number of primary amides is 1. The van der Waals surface area contributed by atoms with Crippen LogP contribution in [0.25, 0.3) is 11.1 Å². The first-order valence-corrected chi connectivity index (χ1v) is 41.2. The van der Waals surface area contributed by atoms with Crippen LogP contribution >= 0.6 is 23.2 Å². The van der Waals surface area contributed by atoms with Gasteiger partial charge in [0, 0.05) is 59.1 Å². The van der Waals surface area contributed by atoms with Crippen molar-refractivity contribution in [3.8, 4) is 57.1 Å². The number of rotatable bonds is 20. The number of aliphatic hydroxyl groups excluding tert-OH is 6. The lowest BCUT2D eigenvalue weighted by atomic mass is 9.83. The maximum Gasteiger partial charge on any atom is 0.330 e. The van der Waals surface area contributed by atoms with Gasteiger partial charge >= 0.3 is 5.97 Å². The summed E-state index contributed by atoms with van der Waals surface area (Å²) in [7, 11) is 1.48. The van der Waals surface area contributed by atoms with Crippen molar-refractivity contribution in [1.29, 1.82) is 0 Å². The number of fused-ring (bicyclic) bond motifs is 15. The van der Waals surface area contributed by atoms with Gasteiger partial charge in [0.05, 0.1) is 53.5 Å². The van der Waals surface area contributed by atoms with Gasteiger partial charge in [0.1, 0.15) is 89.5 Å². The minimum absolute atomic E-state index is 0.118. The minimum atomic E-state index is -2.40. The molecule has 8 aliphatic rings. The SMILES string of the molecule is CN[C@H](CC(C)C)C(=O)N[C@H]1C(=O)N[C@@H](CC(N)=O)C(=O)N[C@H]2C(=O)N[C@H]3C(=O)N[C@H](C(=O)N[C@H](C(=O)O)c4cc(O)cc(O)c4-c4cc3ccc4O)[C@H](O[C@H]3C[C@](C)(N)[C@@H](O)[C@H](C)O3)c3ccc(c(Cl)c3)Oc3cc2cc(c3O[C@@H]2O[C@H](CO)[C@@H](O)[C@H](O)[C@H]2O[C@H]2C[C@](C)(NCC(c3ccccc3)c3ccccc3)[C@@H](O)[C@H](C)O2)Oc2ccc(cc2Cl)[C@H]1O. The minimum Gasteiger partial charge on any atom is -0.508 e. The van der Waals surface area contributed by atoms with Crippen LogP contribution in [-0.4, -0.2) is 222 Å². The van der Waals surface area contributed by atoms with E-state index in [0.29, 0.717) is 0 Å². The van der Waals surface area contributed by atoms with E-state index in [0.717, 1.165) is 59.7 Å². The highest BCUT2D eigenvalue weighted by molar-refractivity contribution is 6.32. The Morgan fingerprint density at radius 1 is 0.632 bits per heavy atom. The number of ether oxygens (including phenoxy) is 8. The van der Waals surface area contributed by atoms with Gasteiger partial charge in [-0.2, -0.15) is 0 Å². The number of likely N-dealkylation sites (N-methyl/N-ethyl adjacent to an activating group) is 1. The predicted molar refractivity (Wildman–Crippen MR) is 444 cm³/mol. The monoisotopic (exact) mass is 1770 g/mol. The Labute approximate surface area is 726 Å². The maximum atomic E-state index is 16.6. The second-order valence-electron chi connectivity index (χ2n) is 32.9. The van der Waals surface area contributed by atoms with Crippen molar-refractivity contribution in [1.82, 2.24) is 42.5 Å². The molecule has 0 unspecified atom stereocenters. The molecule has 22 N–H and O–H groups in total. The van der Waals surface area contributed by atoms with E-state index in [2.05, 4.69) is 42.5 Å². The Morgan fingerprint density at radius 2 is 1.22 bits per heavy atom. The summed E-state index contributed by atoms with van der Waals surface area (Å²) in [5, 5.41) is 138. The molecule has 125 heavy (non-hydrogen) atoms. The van der Waals surface area contributed by atoms with Gasteiger partial charge in [0.15, 0.2) is 36.2 Å². The number of nitrogens with two attached hydrogens (primary N) is 2. The topological polar surface area (TPSA) is 561 Å². The molecular weight excluding hydrogens is 1670 g/mol. The van der Waals surface area contributed by atoms with Crippen LogP contribution in [0.1, 0.15) is 142 Å². The van der Waals surface area contributed by atoms with Crippen LogP contribution in [0.5, 0.6) is 46.0 Å². The number of aliphatic carboxylic acids is 1. The molecule has 7 aromatic rings. The first-order chi connectivity index (χ1) is 59.3. The van der Waals surface area contributed by atoms with Gasteiger partial charge in [0.25, 0.3) is 0 Å². The van der Waals surface area contributed by atoms with Crippen LogP contribution < -0.4 is 68.2 Å². The Hall–Kier alpha value is -10.9. The molecule has 8 heterocycles. The van der Waals surface area contributed by atoms with Crippen molar-refractivity contribution in [3.05, 3.63) is 189 Å². The number of aliphatic hydroxyl groups is 6. The lowest BCUT2D eigenvalue weighted by Gasteiger charge is -2.48. The molecule has 8 aliphatic heterocycles. The summed E-state index contributed by atoms with van der Waals surface area (Å²) in [6, 6.07) is 18.9. The van der Waals surface area contributed by atoms with Crippen molar-refractivity contribution in [2.75, 3.05) is 20.2 Å². The number of hydrogen-bond acceptors (Lipinski definition) is 28. The second-order valence-corrected chi connectivity index (χ2v) is 33.7. The number of hydrogen-bond donors (Lipinski definition) is 20. The number of phenols is 3. The Bertz CT molecular complexity index is 5160. The van der Waals surface area contributed by atoms with Crippen molar-refractivity contribution < 1.29 is 127 Å². The summed E-state index contributed by atoms with van der Waals surface area (Å²) >= 11 is 14.7. The van der Waals surface area contributed by atoms with Gasteiger partial charge in [-0.15, -0.1) is 0 Å². The summed E-state index contributed by atoms with van der Waals surface area (Å²) in [5.74, 6) is -16.4. The van der Waals surface area contributed by atoms with Crippen LogP contribution in [0.3, 0.4) is 0 Å². The maximum absolute atomic E-state index is 16.6. The second kappa shape index (κ2) is 38.1. The largest absolute Gasteiger partial charge is 0.508 e. The molecule has 22 atom stereocenters. The number of aromatic hydroxyl groups is 3. The number of carbonyl (C=O) groups excluding carboxylic acids is 7. The molecule has 15 rings (SSSR count). The summed E-state index contributed by atoms with van der Waals surface area (Å²) in [6.45, 7) is 9.19. The van der Waals surface area contributed by atoms with Gasteiger partial charge in [-0.3, -0.25) is 33.6 Å². The van der Waals surface area contributed by atoms with E-state index < -0.39 is 261 Å². The smallest absolute Gasteiger partial charge is 0.330 e. The number of amides is 7. The van der Waals surface area contributed by atoms with Gasteiger partial charge in [-0.05, 0) is 135 Å². The third-order valence-electron chi connectivity index (χ3n) is 23.2. The van der Waals surface area contributed by atoms with Crippen LogP contribution in [0.2, 0.25) is 10.0 Å². The average molecular weight is 1770 g/mol. The molecule has 0 radical (unpaired) electrons. The zero-order valence-corrected chi connectivity index (χ0v) is 70.1. The molecule has 3 saturated heterocycles. The van der Waals surface area contributed by atoms with E-state index in [-0.39, 0.29) is 65.1 Å². The normalized spacial score (nSPS) is 29.8. The van der Waals surface area contributed by atoms with Gasteiger partial charge < -0.3 is 143 Å². The first kappa shape index (κ1) is 91.8. The number of nitrogens with one attached hydrogen (secondary N) is 8. The van der Waals surface area contributed by atoms with Crippen molar-refractivity contribution in [2.24, 2.45) is 17.4 Å². The lowest BCUT2D eigenvalue weighted by Crippen LogP contribution is -2.65.